The van der Waals surface area contributed by atoms with Crippen molar-refractivity contribution in [1.82, 2.24) is 10.3 Å². The van der Waals surface area contributed by atoms with E-state index in [1.165, 1.54) is 5.69 Å². The molecule has 2 heterocycles. The van der Waals surface area contributed by atoms with Gasteiger partial charge >= 0.3 is 0 Å². The normalized spacial score (nSPS) is 20.1. The summed E-state index contributed by atoms with van der Waals surface area (Å²) in [6.45, 7) is 11.2. The Bertz CT molecular complexity index is 736. The number of pyridine rings is 1. The van der Waals surface area contributed by atoms with E-state index >= 15 is 0 Å². The Labute approximate surface area is 145 Å². The van der Waals surface area contributed by atoms with E-state index < -0.39 is 0 Å². The van der Waals surface area contributed by atoms with Gasteiger partial charge in [-0.25, -0.2) is 0 Å². The van der Waals surface area contributed by atoms with E-state index in [1.807, 2.05) is 19.1 Å². The number of nitrogens with one attached hydrogen (secondary N) is 2. The second-order valence-electron chi connectivity index (χ2n) is 8.34. The van der Waals surface area contributed by atoms with Crippen LogP contribution < -0.4 is 15.4 Å². The van der Waals surface area contributed by atoms with E-state index in [2.05, 4.69) is 55.4 Å². The summed E-state index contributed by atoms with van der Waals surface area (Å²) in [5.74, 6) is 0.843. The molecule has 1 aliphatic heterocycles. The Morgan fingerprint density at radius 2 is 1.79 bits per heavy atom. The van der Waals surface area contributed by atoms with Crippen LogP contribution >= 0.6 is 0 Å². The number of benzene rings is 1. The first kappa shape index (κ1) is 17.0. The van der Waals surface area contributed by atoms with E-state index in [1.54, 1.807) is 7.11 Å². The molecule has 1 aromatic carbocycles. The molecule has 2 aromatic rings. The van der Waals surface area contributed by atoms with Crippen LogP contribution in [-0.2, 0) is 0 Å². The van der Waals surface area contributed by atoms with Gasteiger partial charge in [-0.3, -0.25) is 4.98 Å². The van der Waals surface area contributed by atoms with Gasteiger partial charge in [-0.15, -0.1) is 0 Å². The molecule has 0 bridgehead atoms. The van der Waals surface area contributed by atoms with Crippen molar-refractivity contribution >= 4 is 16.6 Å². The van der Waals surface area contributed by atoms with E-state index in [0.717, 1.165) is 35.2 Å². The Kier molecular flexibility index (Phi) is 4.20. The van der Waals surface area contributed by atoms with E-state index in [0.29, 0.717) is 6.04 Å². The summed E-state index contributed by atoms with van der Waals surface area (Å²) in [4.78, 5) is 4.66. The van der Waals surface area contributed by atoms with Gasteiger partial charge in [-0.05, 0) is 65.7 Å². The standard InChI is InChI=1S/C20H29N3O/c1-13-9-17(16-8-7-15(24-6)10-18(16)21-13)22-14-11-19(2,3)23-20(4,5)12-14/h7-10,14,23H,11-12H2,1-6H3,(H,21,22). The quantitative estimate of drug-likeness (QED) is 0.883. The third-order valence-corrected chi connectivity index (χ3v) is 4.69. The van der Waals surface area contributed by atoms with Crippen LogP contribution in [0, 0.1) is 6.92 Å². The molecule has 2 N–H and O–H groups in total. The lowest BCUT2D eigenvalue weighted by Crippen LogP contribution is -2.60. The Morgan fingerprint density at radius 1 is 1.12 bits per heavy atom. The topological polar surface area (TPSA) is 46.2 Å². The zero-order chi connectivity index (χ0) is 17.5. The van der Waals surface area contributed by atoms with Gasteiger partial charge in [0.25, 0.3) is 0 Å². The van der Waals surface area contributed by atoms with Gasteiger partial charge in [0.15, 0.2) is 0 Å². The molecule has 130 valence electrons. The summed E-state index contributed by atoms with van der Waals surface area (Å²) in [7, 11) is 1.69. The lowest BCUT2D eigenvalue weighted by molar-refractivity contribution is 0.170. The average molecular weight is 327 g/mol. The molecule has 4 heteroatoms. The molecule has 0 amide bonds. The van der Waals surface area contributed by atoms with Crippen LogP contribution in [-0.4, -0.2) is 29.2 Å². The fourth-order valence-corrected chi connectivity index (χ4v) is 4.23. The Balaban J connectivity index is 1.95. The van der Waals surface area contributed by atoms with Crippen molar-refractivity contribution in [2.24, 2.45) is 0 Å². The molecule has 3 rings (SSSR count). The first-order valence-electron chi connectivity index (χ1n) is 8.69. The van der Waals surface area contributed by atoms with Gasteiger partial charge in [0.2, 0.25) is 0 Å². The minimum atomic E-state index is 0.126. The van der Waals surface area contributed by atoms with Crippen LogP contribution in [0.15, 0.2) is 24.3 Å². The highest BCUT2D eigenvalue weighted by molar-refractivity contribution is 5.92. The van der Waals surface area contributed by atoms with E-state index in [9.17, 15) is 0 Å². The summed E-state index contributed by atoms with van der Waals surface area (Å²) in [5.41, 5.74) is 3.41. The number of methoxy groups -OCH3 is 1. The number of fused-ring (bicyclic) bond motifs is 1. The Hall–Kier alpha value is -1.81. The number of aryl methyl sites for hydroxylation is 1. The summed E-state index contributed by atoms with van der Waals surface area (Å²) in [5, 5.41) is 8.68. The molecule has 1 saturated heterocycles. The second kappa shape index (κ2) is 5.92. The second-order valence-corrected chi connectivity index (χ2v) is 8.34. The van der Waals surface area contributed by atoms with E-state index in [4.69, 9.17) is 4.74 Å². The number of hydrogen-bond acceptors (Lipinski definition) is 4. The molecule has 0 spiro atoms. The number of nitrogens with zero attached hydrogens (tertiary/aromatic N) is 1. The first-order valence-corrected chi connectivity index (χ1v) is 8.69. The number of rotatable bonds is 3. The van der Waals surface area contributed by atoms with Crippen LogP contribution in [0.4, 0.5) is 5.69 Å². The first-order chi connectivity index (χ1) is 11.2. The highest BCUT2D eigenvalue weighted by atomic mass is 16.5. The summed E-state index contributed by atoms with van der Waals surface area (Å²) in [6.07, 6.45) is 2.19. The molecule has 1 aromatic heterocycles. The van der Waals surface area contributed by atoms with Crippen molar-refractivity contribution in [3.63, 3.8) is 0 Å². The van der Waals surface area contributed by atoms with Crippen LogP contribution in [0.3, 0.4) is 0 Å². The molecular weight excluding hydrogens is 298 g/mol. The summed E-state index contributed by atoms with van der Waals surface area (Å²) < 4.78 is 5.34. The average Bonchev–Trinajstić information content (AvgIpc) is 2.42. The molecule has 0 radical (unpaired) electrons. The zero-order valence-corrected chi connectivity index (χ0v) is 15.7. The fourth-order valence-electron chi connectivity index (χ4n) is 4.23. The van der Waals surface area contributed by atoms with Gasteiger partial charge < -0.3 is 15.4 Å². The molecule has 4 nitrogen and oxygen atoms in total. The molecular formula is C20H29N3O. The third-order valence-electron chi connectivity index (χ3n) is 4.69. The molecule has 0 unspecified atom stereocenters. The number of anilines is 1. The molecule has 0 atom stereocenters. The highest BCUT2D eigenvalue weighted by Crippen LogP contribution is 2.33. The van der Waals surface area contributed by atoms with Crippen molar-refractivity contribution in [3.8, 4) is 5.75 Å². The van der Waals surface area contributed by atoms with Crippen molar-refractivity contribution < 1.29 is 4.74 Å². The maximum atomic E-state index is 5.34. The SMILES string of the molecule is COc1ccc2c(NC3CC(C)(C)NC(C)(C)C3)cc(C)nc2c1. The van der Waals surface area contributed by atoms with Gasteiger partial charge in [0, 0.05) is 40.0 Å². The number of piperidine rings is 1. The van der Waals surface area contributed by atoms with Crippen molar-refractivity contribution in [2.45, 2.75) is 64.6 Å². The van der Waals surface area contributed by atoms with Crippen LogP contribution in [0.2, 0.25) is 0 Å². The maximum Gasteiger partial charge on any atom is 0.121 e. The molecule has 0 aliphatic carbocycles. The highest BCUT2D eigenvalue weighted by Gasteiger charge is 2.37. The summed E-state index contributed by atoms with van der Waals surface area (Å²) in [6, 6.07) is 8.69. The minimum Gasteiger partial charge on any atom is -0.497 e. The summed E-state index contributed by atoms with van der Waals surface area (Å²) >= 11 is 0. The van der Waals surface area contributed by atoms with Crippen LogP contribution in [0.5, 0.6) is 5.75 Å². The van der Waals surface area contributed by atoms with Crippen LogP contribution in [0.25, 0.3) is 10.9 Å². The third kappa shape index (κ3) is 3.64. The number of ether oxygens (including phenoxy) is 1. The van der Waals surface area contributed by atoms with Gasteiger partial charge in [-0.2, -0.15) is 0 Å². The number of hydrogen-bond donors (Lipinski definition) is 2. The van der Waals surface area contributed by atoms with Crippen molar-refractivity contribution in [1.29, 1.82) is 0 Å². The van der Waals surface area contributed by atoms with Crippen LogP contribution in [0.1, 0.15) is 46.2 Å². The largest absolute Gasteiger partial charge is 0.497 e. The smallest absolute Gasteiger partial charge is 0.121 e. The molecule has 1 fully saturated rings. The Morgan fingerprint density at radius 3 is 2.42 bits per heavy atom. The van der Waals surface area contributed by atoms with Crippen molar-refractivity contribution in [2.75, 3.05) is 12.4 Å². The molecule has 1 aliphatic rings. The fraction of sp³-hybridized carbons (Fsp3) is 0.550. The van der Waals surface area contributed by atoms with Gasteiger partial charge in [0.05, 0.1) is 12.6 Å². The van der Waals surface area contributed by atoms with E-state index in [-0.39, 0.29) is 11.1 Å². The predicted molar refractivity (Wildman–Crippen MR) is 101 cm³/mol. The van der Waals surface area contributed by atoms with Gasteiger partial charge in [-0.1, -0.05) is 0 Å². The lowest BCUT2D eigenvalue weighted by Gasteiger charge is -2.47. The minimum absolute atomic E-state index is 0.126. The maximum absolute atomic E-state index is 5.34. The number of aromatic nitrogens is 1. The predicted octanol–water partition coefficient (Wildman–Crippen LogP) is 4.27. The molecule has 0 saturated carbocycles. The lowest BCUT2D eigenvalue weighted by atomic mass is 9.79. The molecule has 24 heavy (non-hydrogen) atoms. The van der Waals surface area contributed by atoms with Gasteiger partial charge in [0.1, 0.15) is 5.75 Å². The van der Waals surface area contributed by atoms with Crippen molar-refractivity contribution in [3.05, 3.63) is 30.0 Å². The monoisotopic (exact) mass is 327 g/mol. The zero-order valence-electron chi connectivity index (χ0n) is 15.7.